The van der Waals surface area contributed by atoms with Gasteiger partial charge in [-0.25, -0.2) is 18.7 Å². The maximum Gasteiger partial charge on any atom is 0.274 e. The minimum atomic E-state index is -0.574. The summed E-state index contributed by atoms with van der Waals surface area (Å²) in [6.45, 7) is 1.56. The molecule has 2 aliphatic rings. The van der Waals surface area contributed by atoms with Gasteiger partial charge in [-0.3, -0.25) is 9.48 Å². The number of aryl methyl sites for hydroxylation is 1. The highest BCUT2D eigenvalue weighted by Gasteiger charge is 2.47. The van der Waals surface area contributed by atoms with Gasteiger partial charge in [-0.05, 0) is 18.2 Å². The van der Waals surface area contributed by atoms with E-state index in [4.69, 9.17) is 4.74 Å². The first kappa shape index (κ1) is 21.4. The van der Waals surface area contributed by atoms with Crippen LogP contribution >= 0.6 is 0 Å². The monoisotopic (exact) mass is 477 g/mol. The summed E-state index contributed by atoms with van der Waals surface area (Å²) in [7, 11) is 3.09. The van der Waals surface area contributed by atoms with Gasteiger partial charge in [0.05, 0.1) is 36.3 Å². The van der Waals surface area contributed by atoms with E-state index in [2.05, 4.69) is 30.6 Å². The number of fused-ring (bicyclic) bond motifs is 2. The molecule has 2 fully saturated rings. The van der Waals surface area contributed by atoms with E-state index in [1.807, 2.05) is 0 Å². The molecule has 0 spiro atoms. The molecule has 2 saturated heterocycles. The van der Waals surface area contributed by atoms with Gasteiger partial charge in [-0.15, -0.1) is 0 Å². The second-order valence-electron chi connectivity index (χ2n) is 8.56. The van der Waals surface area contributed by atoms with Crippen molar-refractivity contribution in [2.45, 2.75) is 12.1 Å². The van der Waals surface area contributed by atoms with Gasteiger partial charge in [0, 0.05) is 43.8 Å². The van der Waals surface area contributed by atoms with Gasteiger partial charge in [-0.2, -0.15) is 5.10 Å². The number of methoxy groups -OCH3 is 1. The van der Waals surface area contributed by atoms with E-state index in [1.54, 1.807) is 19.3 Å². The largest absolute Gasteiger partial charge is 0.496 e. The van der Waals surface area contributed by atoms with Gasteiger partial charge >= 0.3 is 0 Å². The number of benzene rings is 2. The zero-order chi connectivity index (χ0) is 24.3. The molecule has 2 aliphatic heterocycles. The molecule has 11 heteroatoms. The second-order valence-corrected chi connectivity index (χ2v) is 8.56. The first-order chi connectivity index (χ1) is 17.0. The Kier molecular flexibility index (Phi) is 4.88. The second kappa shape index (κ2) is 7.98. The number of aromatic nitrogens is 4. The molecule has 2 N–H and O–H groups in total. The Labute approximate surface area is 198 Å². The molecule has 1 unspecified atom stereocenters. The zero-order valence-electron chi connectivity index (χ0n) is 18.9. The van der Waals surface area contributed by atoms with Crippen LogP contribution in [0.15, 0.2) is 42.7 Å². The molecule has 0 saturated carbocycles. The summed E-state index contributed by atoms with van der Waals surface area (Å²) in [5.41, 5.74) is 1.46. The highest BCUT2D eigenvalue weighted by molar-refractivity contribution is 6.09. The summed E-state index contributed by atoms with van der Waals surface area (Å²) >= 11 is 0. The van der Waals surface area contributed by atoms with Gasteiger partial charge in [0.2, 0.25) is 0 Å². The van der Waals surface area contributed by atoms with Crippen molar-refractivity contribution in [1.82, 2.24) is 25.1 Å². The topological polar surface area (TPSA) is 97.2 Å². The van der Waals surface area contributed by atoms with Gasteiger partial charge in [0.25, 0.3) is 5.91 Å². The first-order valence-electron chi connectivity index (χ1n) is 11.1. The van der Waals surface area contributed by atoms with Crippen LogP contribution in [0.5, 0.6) is 5.75 Å². The lowest BCUT2D eigenvalue weighted by molar-refractivity contribution is 0.102. The number of amides is 1. The zero-order valence-corrected chi connectivity index (χ0v) is 18.9. The van der Waals surface area contributed by atoms with Gasteiger partial charge in [-0.1, -0.05) is 6.07 Å². The Balaban J connectivity index is 1.38. The van der Waals surface area contributed by atoms with Crippen molar-refractivity contribution in [3.63, 3.8) is 0 Å². The highest BCUT2D eigenvalue weighted by Crippen LogP contribution is 2.42. The summed E-state index contributed by atoms with van der Waals surface area (Å²) in [5.74, 6) is -1.39. The maximum atomic E-state index is 15.0. The number of hydrogen-bond acceptors (Lipinski definition) is 7. The number of halogens is 2. The molecule has 4 aromatic rings. The Morgan fingerprint density at radius 3 is 2.83 bits per heavy atom. The fourth-order valence-corrected chi connectivity index (χ4v) is 4.76. The third kappa shape index (κ3) is 3.30. The summed E-state index contributed by atoms with van der Waals surface area (Å²) < 4.78 is 36.3. The summed E-state index contributed by atoms with van der Waals surface area (Å²) in [4.78, 5) is 23.8. The quantitative estimate of drug-likeness (QED) is 0.456. The lowest BCUT2D eigenvalue weighted by atomic mass is 9.87. The fraction of sp³-hybridized carbons (Fsp3) is 0.250. The number of nitrogens with one attached hydrogen (secondary N) is 2. The van der Waals surface area contributed by atoms with E-state index in [-0.39, 0.29) is 28.9 Å². The molecule has 1 amide bonds. The van der Waals surface area contributed by atoms with Crippen molar-refractivity contribution >= 4 is 28.2 Å². The van der Waals surface area contributed by atoms with Crippen molar-refractivity contribution in [1.29, 1.82) is 0 Å². The lowest BCUT2D eigenvalue weighted by Gasteiger charge is -2.57. The van der Waals surface area contributed by atoms with Crippen LogP contribution in [0.4, 0.5) is 20.2 Å². The third-order valence-corrected chi connectivity index (χ3v) is 6.64. The normalized spacial score (nSPS) is 18.6. The molecular formula is C24H21F2N7O2. The van der Waals surface area contributed by atoms with Crippen LogP contribution in [0.25, 0.3) is 22.3 Å². The smallest absolute Gasteiger partial charge is 0.274 e. The number of rotatable bonds is 5. The van der Waals surface area contributed by atoms with E-state index in [9.17, 15) is 9.18 Å². The predicted octanol–water partition coefficient (Wildman–Crippen LogP) is 2.73. The van der Waals surface area contributed by atoms with E-state index < -0.39 is 17.5 Å². The van der Waals surface area contributed by atoms with Crippen molar-refractivity contribution in [2.75, 3.05) is 30.4 Å². The Bertz CT molecular complexity index is 1490. The van der Waals surface area contributed by atoms with Crippen LogP contribution in [0.3, 0.4) is 0 Å². The number of carbonyl (C=O) groups excluding carboxylic acids is 1. The molecule has 6 rings (SSSR count). The Morgan fingerprint density at radius 1 is 1.26 bits per heavy atom. The number of ether oxygens (including phenoxy) is 1. The maximum absolute atomic E-state index is 15.0. The van der Waals surface area contributed by atoms with Crippen molar-refractivity contribution in [2.24, 2.45) is 7.05 Å². The lowest BCUT2D eigenvalue weighted by Crippen LogP contribution is -2.78. The van der Waals surface area contributed by atoms with Gasteiger partial charge < -0.3 is 20.3 Å². The standard InChI is InChI=1S/C24H21F2N7O2/c1-32-21-12(9-29-32)22(33-11-17-18(33)10-28-17)16(8-14(21)26)31-24(34)15-6-7-27-23(30-15)20-13(25)4-3-5-19(20)35-2/h3-9,17-18,28H,10-11H2,1-2H3,(H,31,34)/t17-,18?/m0/s1. The van der Waals surface area contributed by atoms with E-state index in [0.717, 1.165) is 18.8 Å². The van der Waals surface area contributed by atoms with E-state index in [1.165, 1.54) is 42.3 Å². The molecular weight excluding hydrogens is 456 g/mol. The van der Waals surface area contributed by atoms with Crippen LogP contribution in [0.1, 0.15) is 10.5 Å². The minimum Gasteiger partial charge on any atom is -0.496 e. The van der Waals surface area contributed by atoms with Gasteiger partial charge in [0.15, 0.2) is 11.6 Å². The molecule has 35 heavy (non-hydrogen) atoms. The molecule has 2 aromatic carbocycles. The molecule has 0 radical (unpaired) electrons. The van der Waals surface area contributed by atoms with Crippen LogP contribution in [-0.2, 0) is 7.05 Å². The minimum absolute atomic E-state index is 0.00439. The molecule has 2 atom stereocenters. The molecule has 9 nitrogen and oxygen atoms in total. The van der Waals surface area contributed by atoms with E-state index >= 15 is 4.39 Å². The molecule has 0 bridgehead atoms. The Morgan fingerprint density at radius 2 is 2.11 bits per heavy atom. The van der Waals surface area contributed by atoms with Crippen LogP contribution < -0.4 is 20.3 Å². The number of hydrogen-bond donors (Lipinski definition) is 2. The number of piperazine rings is 1. The SMILES string of the molecule is COc1cccc(F)c1-c1nccc(C(=O)Nc2cc(F)c3c(cnn3C)c2N2C[C@@H]3NCC32)n1. The fourth-order valence-electron chi connectivity index (χ4n) is 4.76. The Hall–Kier alpha value is -4.12. The van der Waals surface area contributed by atoms with Gasteiger partial charge in [0.1, 0.15) is 22.8 Å². The molecule has 0 aliphatic carbocycles. The molecule has 4 heterocycles. The van der Waals surface area contributed by atoms with Crippen LogP contribution in [0, 0.1) is 11.6 Å². The van der Waals surface area contributed by atoms with Crippen molar-refractivity contribution in [3.8, 4) is 17.1 Å². The molecule has 2 aromatic heterocycles. The first-order valence-corrected chi connectivity index (χ1v) is 11.1. The summed E-state index contributed by atoms with van der Waals surface area (Å²) in [6.07, 6.45) is 2.98. The number of carbonyl (C=O) groups is 1. The molecule has 178 valence electrons. The average Bonchev–Trinajstić information content (AvgIpc) is 3.23. The summed E-state index contributed by atoms with van der Waals surface area (Å²) in [6, 6.07) is 7.74. The third-order valence-electron chi connectivity index (χ3n) is 6.64. The van der Waals surface area contributed by atoms with Crippen LogP contribution in [0.2, 0.25) is 0 Å². The number of nitrogens with zero attached hydrogens (tertiary/aromatic N) is 5. The predicted molar refractivity (Wildman–Crippen MR) is 126 cm³/mol. The number of anilines is 2. The van der Waals surface area contributed by atoms with Crippen LogP contribution in [-0.4, -0.2) is 57.9 Å². The van der Waals surface area contributed by atoms with E-state index in [0.29, 0.717) is 22.6 Å². The average molecular weight is 477 g/mol. The van der Waals surface area contributed by atoms with Crippen molar-refractivity contribution < 1.29 is 18.3 Å². The highest BCUT2D eigenvalue weighted by atomic mass is 19.1. The summed E-state index contributed by atoms with van der Waals surface area (Å²) in [5, 5.41) is 11.0. The van der Waals surface area contributed by atoms with Crippen molar-refractivity contribution in [3.05, 3.63) is 60.1 Å².